The van der Waals surface area contributed by atoms with E-state index in [2.05, 4.69) is 32.0 Å². The molecule has 1 heterocycles. The van der Waals surface area contributed by atoms with Crippen LogP contribution in [-0.4, -0.2) is 6.10 Å². The standard InChI is InChI=1S/C14H19NO/c1-8-5-12(8)14(15)10-3-4-13-11(7-10)6-9(2)16-13/h3-4,7-9,12,14H,5-6,15H2,1-2H3. The SMILES string of the molecule is CC1Cc2cc(C(N)C3CC3C)ccc2O1. The molecule has 1 aromatic carbocycles. The second kappa shape index (κ2) is 3.49. The van der Waals surface area contributed by atoms with E-state index in [0.29, 0.717) is 12.0 Å². The lowest BCUT2D eigenvalue weighted by molar-refractivity contribution is 0.254. The minimum atomic E-state index is 0.219. The fourth-order valence-corrected chi connectivity index (χ4v) is 2.75. The summed E-state index contributed by atoms with van der Waals surface area (Å²) in [6.45, 7) is 4.39. The third-order valence-electron chi connectivity index (χ3n) is 3.94. The zero-order valence-electron chi connectivity index (χ0n) is 9.94. The first-order valence-corrected chi connectivity index (χ1v) is 6.20. The van der Waals surface area contributed by atoms with Gasteiger partial charge in [0, 0.05) is 12.5 Å². The Morgan fingerprint density at radius 3 is 2.81 bits per heavy atom. The quantitative estimate of drug-likeness (QED) is 0.826. The molecular formula is C14H19NO. The number of benzene rings is 1. The fourth-order valence-electron chi connectivity index (χ4n) is 2.75. The molecule has 2 heteroatoms. The van der Waals surface area contributed by atoms with Gasteiger partial charge in [0.05, 0.1) is 0 Å². The molecule has 2 N–H and O–H groups in total. The molecule has 0 aromatic heterocycles. The van der Waals surface area contributed by atoms with Crippen LogP contribution in [0.15, 0.2) is 18.2 Å². The monoisotopic (exact) mass is 217 g/mol. The average Bonchev–Trinajstić information content (AvgIpc) is 2.85. The summed E-state index contributed by atoms with van der Waals surface area (Å²) in [7, 11) is 0. The Kier molecular flexibility index (Phi) is 2.21. The molecule has 1 saturated carbocycles. The summed E-state index contributed by atoms with van der Waals surface area (Å²) in [6, 6.07) is 6.68. The number of hydrogen-bond donors (Lipinski definition) is 1. The highest BCUT2D eigenvalue weighted by atomic mass is 16.5. The van der Waals surface area contributed by atoms with E-state index in [9.17, 15) is 0 Å². The first kappa shape index (κ1) is 10.2. The van der Waals surface area contributed by atoms with Gasteiger partial charge >= 0.3 is 0 Å². The van der Waals surface area contributed by atoms with Crippen LogP contribution in [0.2, 0.25) is 0 Å². The second-order valence-corrected chi connectivity index (χ2v) is 5.40. The van der Waals surface area contributed by atoms with Gasteiger partial charge in [-0.05, 0) is 42.4 Å². The molecule has 2 aliphatic rings. The Hall–Kier alpha value is -1.02. The Morgan fingerprint density at radius 2 is 2.12 bits per heavy atom. The molecule has 4 atom stereocenters. The smallest absolute Gasteiger partial charge is 0.123 e. The molecule has 4 unspecified atom stereocenters. The summed E-state index contributed by atoms with van der Waals surface area (Å²) in [4.78, 5) is 0. The lowest BCUT2D eigenvalue weighted by atomic mass is 9.98. The third kappa shape index (κ3) is 1.61. The molecule has 0 amide bonds. The van der Waals surface area contributed by atoms with Crippen molar-refractivity contribution >= 4 is 0 Å². The van der Waals surface area contributed by atoms with Crippen molar-refractivity contribution in [1.29, 1.82) is 0 Å². The molecular weight excluding hydrogens is 198 g/mol. The van der Waals surface area contributed by atoms with Crippen molar-refractivity contribution < 1.29 is 4.74 Å². The molecule has 0 spiro atoms. The van der Waals surface area contributed by atoms with Gasteiger partial charge in [0.1, 0.15) is 11.9 Å². The van der Waals surface area contributed by atoms with Crippen LogP contribution in [0, 0.1) is 11.8 Å². The van der Waals surface area contributed by atoms with Gasteiger partial charge < -0.3 is 10.5 Å². The molecule has 86 valence electrons. The van der Waals surface area contributed by atoms with Gasteiger partial charge in [-0.25, -0.2) is 0 Å². The molecule has 16 heavy (non-hydrogen) atoms. The van der Waals surface area contributed by atoms with E-state index in [1.165, 1.54) is 17.5 Å². The minimum Gasteiger partial charge on any atom is -0.490 e. The van der Waals surface area contributed by atoms with Gasteiger partial charge in [0.15, 0.2) is 0 Å². The summed E-state index contributed by atoms with van der Waals surface area (Å²) in [6.07, 6.45) is 2.63. The van der Waals surface area contributed by atoms with Crippen LogP contribution in [0.25, 0.3) is 0 Å². The van der Waals surface area contributed by atoms with Crippen molar-refractivity contribution in [3.05, 3.63) is 29.3 Å². The zero-order chi connectivity index (χ0) is 11.3. The van der Waals surface area contributed by atoms with Gasteiger partial charge in [0.25, 0.3) is 0 Å². The highest BCUT2D eigenvalue weighted by Gasteiger charge is 2.38. The van der Waals surface area contributed by atoms with Crippen molar-refractivity contribution in [3.63, 3.8) is 0 Å². The first-order valence-electron chi connectivity index (χ1n) is 6.20. The van der Waals surface area contributed by atoms with Crippen molar-refractivity contribution in [2.75, 3.05) is 0 Å². The maximum Gasteiger partial charge on any atom is 0.123 e. The molecule has 1 fully saturated rings. The highest BCUT2D eigenvalue weighted by Crippen LogP contribution is 2.46. The predicted molar refractivity (Wildman–Crippen MR) is 64.4 cm³/mol. The zero-order valence-corrected chi connectivity index (χ0v) is 9.94. The van der Waals surface area contributed by atoms with E-state index >= 15 is 0 Å². The van der Waals surface area contributed by atoms with Gasteiger partial charge in [-0.3, -0.25) is 0 Å². The molecule has 1 aliphatic heterocycles. The highest BCUT2D eigenvalue weighted by molar-refractivity contribution is 5.41. The van der Waals surface area contributed by atoms with E-state index in [0.717, 1.165) is 18.1 Å². The fraction of sp³-hybridized carbons (Fsp3) is 0.571. The lowest BCUT2D eigenvalue weighted by Crippen LogP contribution is -2.13. The number of nitrogens with two attached hydrogens (primary N) is 1. The molecule has 1 aromatic rings. The van der Waals surface area contributed by atoms with Crippen molar-refractivity contribution in [2.24, 2.45) is 17.6 Å². The summed E-state index contributed by atoms with van der Waals surface area (Å²) in [5.41, 5.74) is 8.89. The molecule has 3 rings (SSSR count). The van der Waals surface area contributed by atoms with Crippen molar-refractivity contribution in [1.82, 2.24) is 0 Å². The van der Waals surface area contributed by atoms with Crippen LogP contribution in [0.4, 0.5) is 0 Å². The molecule has 1 aliphatic carbocycles. The number of rotatable bonds is 2. The van der Waals surface area contributed by atoms with Gasteiger partial charge in [0.2, 0.25) is 0 Å². The Morgan fingerprint density at radius 1 is 1.38 bits per heavy atom. The van der Waals surface area contributed by atoms with Crippen LogP contribution < -0.4 is 10.5 Å². The molecule has 0 saturated heterocycles. The van der Waals surface area contributed by atoms with Crippen LogP contribution in [0.1, 0.15) is 37.4 Å². The van der Waals surface area contributed by atoms with Crippen LogP contribution in [0.5, 0.6) is 5.75 Å². The Labute approximate surface area is 96.8 Å². The lowest BCUT2D eigenvalue weighted by Gasteiger charge is -2.12. The Balaban J connectivity index is 1.84. The van der Waals surface area contributed by atoms with Crippen molar-refractivity contribution in [2.45, 2.75) is 38.8 Å². The summed E-state index contributed by atoms with van der Waals surface area (Å²) < 4.78 is 5.70. The average molecular weight is 217 g/mol. The summed E-state index contributed by atoms with van der Waals surface area (Å²) in [5, 5.41) is 0. The minimum absolute atomic E-state index is 0.219. The van der Waals surface area contributed by atoms with Crippen molar-refractivity contribution in [3.8, 4) is 5.75 Å². The number of fused-ring (bicyclic) bond motifs is 1. The van der Waals surface area contributed by atoms with Gasteiger partial charge in [-0.15, -0.1) is 0 Å². The second-order valence-electron chi connectivity index (χ2n) is 5.40. The summed E-state index contributed by atoms with van der Waals surface area (Å²) in [5.74, 6) is 2.54. The number of hydrogen-bond acceptors (Lipinski definition) is 2. The van der Waals surface area contributed by atoms with Gasteiger partial charge in [-0.2, -0.15) is 0 Å². The molecule has 0 bridgehead atoms. The first-order chi connectivity index (χ1) is 7.65. The predicted octanol–water partition coefficient (Wildman–Crippen LogP) is 2.67. The molecule has 2 nitrogen and oxygen atoms in total. The van der Waals surface area contributed by atoms with Crippen LogP contribution in [-0.2, 0) is 6.42 Å². The van der Waals surface area contributed by atoms with Gasteiger partial charge in [-0.1, -0.05) is 19.1 Å². The summed E-state index contributed by atoms with van der Waals surface area (Å²) >= 11 is 0. The largest absolute Gasteiger partial charge is 0.490 e. The topological polar surface area (TPSA) is 35.2 Å². The van der Waals surface area contributed by atoms with Crippen LogP contribution >= 0.6 is 0 Å². The van der Waals surface area contributed by atoms with Crippen LogP contribution in [0.3, 0.4) is 0 Å². The maximum atomic E-state index is 6.28. The van der Waals surface area contributed by atoms with E-state index < -0.39 is 0 Å². The van der Waals surface area contributed by atoms with E-state index in [1.54, 1.807) is 0 Å². The number of ether oxygens (including phenoxy) is 1. The van der Waals surface area contributed by atoms with E-state index in [4.69, 9.17) is 10.5 Å². The van der Waals surface area contributed by atoms with E-state index in [-0.39, 0.29) is 6.04 Å². The Bertz CT molecular complexity index is 415. The van der Waals surface area contributed by atoms with E-state index in [1.807, 2.05) is 0 Å². The molecule has 0 radical (unpaired) electrons. The maximum absolute atomic E-state index is 6.28. The normalized spacial score (nSPS) is 33.1. The third-order valence-corrected chi connectivity index (χ3v) is 3.94.